The van der Waals surface area contributed by atoms with Gasteiger partial charge in [0.05, 0.1) is 20.3 Å². The number of ether oxygens (including phenoxy) is 2. The van der Waals surface area contributed by atoms with Crippen molar-refractivity contribution in [2.75, 3.05) is 20.8 Å². The van der Waals surface area contributed by atoms with E-state index in [1.54, 1.807) is 14.2 Å². The van der Waals surface area contributed by atoms with Crippen molar-refractivity contribution in [2.24, 2.45) is 5.92 Å². The third-order valence-electron chi connectivity index (χ3n) is 5.30. The number of methoxy groups -OCH3 is 2. The molecule has 1 aromatic carbocycles. The van der Waals surface area contributed by atoms with Crippen LogP contribution in [0.3, 0.4) is 0 Å². The Bertz CT molecular complexity index is 755. The Morgan fingerprint density at radius 3 is 2.56 bits per heavy atom. The molecule has 0 aliphatic carbocycles. The zero-order valence-electron chi connectivity index (χ0n) is 16.7. The zero-order chi connectivity index (χ0) is 19.4. The predicted octanol–water partition coefficient (Wildman–Crippen LogP) is 4.46. The standard InChI is InChI=1S/C22H30N2O3/c1-16(2)14-20(23-11-5-6-12-23)22(25)24-13-7-8-19(24)18-10-9-17(26-3)15-21(18)27-4/h5-6,9-12,15-16,19-20H,7-8,13-14H2,1-4H3/t19?,20-/m1/s1. The number of hydrogen-bond acceptors (Lipinski definition) is 3. The maximum Gasteiger partial charge on any atom is 0.246 e. The fourth-order valence-electron chi connectivity index (χ4n) is 3.99. The molecule has 1 amide bonds. The van der Waals surface area contributed by atoms with E-state index in [0.717, 1.165) is 42.9 Å². The van der Waals surface area contributed by atoms with E-state index < -0.39 is 0 Å². The molecule has 27 heavy (non-hydrogen) atoms. The smallest absolute Gasteiger partial charge is 0.246 e. The third kappa shape index (κ3) is 4.12. The lowest BCUT2D eigenvalue weighted by molar-refractivity contribution is -0.136. The number of rotatable bonds is 7. The molecule has 5 nitrogen and oxygen atoms in total. The molecule has 1 aliphatic heterocycles. The van der Waals surface area contributed by atoms with E-state index in [1.807, 2.05) is 52.2 Å². The van der Waals surface area contributed by atoms with Crippen molar-refractivity contribution in [1.29, 1.82) is 0 Å². The summed E-state index contributed by atoms with van der Waals surface area (Å²) in [6.45, 7) is 5.12. The number of carbonyl (C=O) groups is 1. The summed E-state index contributed by atoms with van der Waals surface area (Å²) in [4.78, 5) is 15.6. The molecular weight excluding hydrogens is 340 g/mol. The molecule has 1 aliphatic rings. The van der Waals surface area contributed by atoms with Crippen LogP contribution in [0.15, 0.2) is 42.7 Å². The number of hydrogen-bond donors (Lipinski definition) is 0. The van der Waals surface area contributed by atoms with E-state index in [0.29, 0.717) is 5.92 Å². The SMILES string of the molecule is COc1ccc(C2CCCN2C(=O)[C@@H](CC(C)C)n2cccc2)c(OC)c1. The first-order valence-electron chi connectivity index (χ1n) is 9.70. The van der Waals surface area contributed by atoms with Gasteiger partial charge < -0.3 is 18.9 Å². The minimum absolute atomic E-state index is 0.0450. The first-order chi connectivity index (χ1) is 13.0. The van der Waals surface area contributed by atoms with Gasteiger partial charge >= 0.3 is 0 Å². The second-order valence-corrected chi connectivity index (χ2v) is 7.57. The molecule has 0 bridgehead atoms. The van der Waals surface area contributed by atoms with Crippen molar-refractivity contribution in [2.45, 2.75) is 45.2 Å². The van der Waals surface area contributed by atoms with Crippen molar-refractivity contribution in [1.82, 2.24) is 9.47 Å². The lowest BCUT2D eigenvalue weighted by Gasteiger charge is -2.31. The average Bonchev–Trinajstić information content (AvgIpc) is 3.36. The van der Waals surface area contributed by atoms with Gasteiger partial charge in [-0.2, -0.15) is 0 Å². The van der Waals surface area contributed by atoms with E-state index >= 15 is 0 Å². The summed E-state index contributed by atoms with van der Waals surface area (Å²) in [5, 5.41) is 0. The molecule has 1 saturated heterocycles. The highest BCUT2D eigenvalue weighted by Crippen LogP contribution is 2.40. The van der Waals surface area contributed by atoms with Crippen molar-refractivity contribution < 1.29 is 14.3 Å². The van der Waals surface area contributed by atoms with Gasteiger partial charge in [-0.3, -0.25) is 4.79 Å². The molecule has 0 saturated carbocycles. The van der Waals surface area contributed by atoms with Gasteiger partial charge in [-0.15, -0.1) is 0 Å². The highest BCUT2D eigenvalue weighted by atomic mass is 16.5. The van der Waals surface area contributed by atoms with Crippen LogP contribution in [-0.2, 0) is 4.79 Å². The quantitative estimate of drug-likeness (QED) is 0.723. The minimum atomic E-state index is -0.162. The highest BCUT2D eigenvalue weighted by molar-refractivity contribution is 5.81. The van der Waals surface area contributed by atoms with Crippen LogP contribution in [0, 0.1) is 5.92 Å². The zero-order valence-corrected chi connectivity index (χ0v) is 16.7. The molecule has 2 heterocycles. The number of nitrogens with zero attached hydrogens (tertiary/aromatic N) is 2. The number of aromatic nitrogens is 1. The summed E-state index contributed by atoms with van der Waals surface area (Å²) in [6.07, 6.45) is 6.77. The second kappa shape index (κ2) is 8.51. The van der Waals surface area contributed by atoms with E-state index in [9.17, 15) is 4.79 Å². The van der Waals surface area contributed by atoms with E-state index in [4.69, 9.17) is 9.47 Å². The Morgan fingerprint density at radius 2 is 1.93 bits per heavy atom. The van der Waals surface area contributed by atoms with Gasteiger partial charge in [0.2, 0.25) is 5.91 Å². The number of amides is 1. The fourth-order valence-corrected chi connectivity index (χ4v) is 3.99. The molecule has 0 spiro atoms. The van der Waals surface area contributed by atoms with Crippen LogP contribution in [0.5, 0.6) is 11.5 Å². The molecule has 1 unspecified atom stereocenters. The van der Waals surface area contributed by atoms with Crippen molar-refractivity contribution in [3.05, 3.63) is 48.3 Å². The van der Waals surface area contributed by atoms with Crippen LogP contribution in [0.25, 0.3) is 0 Å². The first kappa shape index (κ1) is 19.3. The molecule has 1 aromatic heterocycles. The number of carbonyl (C=O) groups excluding carboxylic acids is 1. The van der Waals surface area contributed by atoms with Crippen molar-refractivity contribution in [3.63, 3.8) is 0 Å². The Kier molecular flexibility index (Phi) is 6.09. The van der Waals surface area contributed by atoms with Gasteiger partial charge in [0.25, 0.3) is 0 Å². The van der Waals surface area contributed by atoms with Crippen LogP contribution in [0.2, 0.25) is 0 Å². The van der Waals surface area contributed by atoms with E-state index in [2.05, 4.69) is 13.8 Å². The van der Waals surface area contributed by atoms with Gasteiger partial charge in [-0.05, 0) is 49.4 Å². The lowest BCUT2D eigenvalue weighted by Crippen LogP contribution is -2.37. The second-order valence-electron chi connectivity index (χ2n) is 7.57. The summed E-state index contributed by atoms with van der Waals surface area (Å²) < 4.78 is 13.0. The largest absolute Gasteiger partial charge is 0.497 e. The van der Waals surface area contributed by atoms with E-state index in [-0.39, 0.29) is 18.0 Å². The normalized spacial score (nSPS) is 18.0. The van der Waals surface area contributed by atoms with Crippen LogP contribution < -0.4 is 9.47 Å². The van der Waals surface area contributed by atoms with Gasteiger partial charge in [-0.25, -0.2) is 0 Å². The molecule has 1 fully saturated rings. The van der Waals surface area contributed by atoms with Crippen LogP contribution >= 0.6 is 0 Å². The monoisotopic (exact) mass is 370 g/mol. The Balaban J connectivity index is 1.90. The lowest BCUT2D eigenvalue weighted by atomic mass is 9.99. The first-order valence-corrected chi connectivity index (χ1v) is 9.70. The summed E-state index contributed by atoms with van der Waals surface area (Å²) in [7, 11) is 3.31. The van der Waals surface area contributed by atoms with Crippen molar-refractivity contribution >= 4 is 5.91 Å². The van der Waals surface area contributed by atoms with Gasteiger partial charge in [-0.1, -0.05) is 13.8 Å². The Morgan fingerprint density at radius 1 is 1.19 bits per heavy atom. The maximum absolute atomic E-state index is 13.5. The van der Waals surface area contributed by atoms with Crippen molar-refractivity contribution in [3.8, 4) is 11.5 Å². The topological polar surface area (TPSA) is 43.7 Å². The summed E-state index contributed by atoms with van der Waals surface area (Å²) in [5.74, 6) is 2.18. The molecule has 2 atom stereocenters. The summed E-state index contributed by atoms with van der Waals surface area (Å²) >= 11 is 0. The molecule has 0 N–H and O–H groups in total. The molecule has 2 aromatic rings. The van der Waals surface area contributed by atoms with Gasteiger partial charge in [0.1, 0.15) is 17.5 Å². The average molecular weight is 370 g/mol. The van der Waals surface area contributed by atoms with E-state index in [1.165, 1.54) is 0 Å². The summed E-state index contributed by atoms with van der Waals surface area (Å²) in [6, 6.07) is 9.71. The highest BCUT2D eigenvalue weighted by Gasteiger charge is 2.36. The molecule has 5 heteroatoms. The maximum atomic E-state index is 13.5. The fraction of sp³-hybridized carbons (Fsp3) is 0.500. The third-order valence-corrected chi connectivity index (χ3v) is 5.30. The van der Waals surface area contributed by atoms with Crippen LogP contribution in [-0.4, -0.2) is 36.1 Å². The van der Waals surface area contributed by atoms with Gasteiger partial charge in [0, 0.05) is 30.6 Å². The molecular formula is C22H30N2O3. The molecule has 0 radical (unpaired) electrons. The summed E-state index contributed by atoms with van der Waals surface area (Å²) in [5.41, 5.74) is 1.06. The minimum Gasteiger partial charge on any atom is -0.497 e. The predicted molar refractivity (Wildman–Crippen MR) is 106 cm³/mol. The number of benzene rings is 1. The molecule has 3 rings (SSSR count). The molecule has 146 valence electrons. The number of likely N-dealkylation sites (tertiary alicyclic amines) is 1. The van der Waals surface area contributed by atoms with Crippen LogP contribution in [0.1, 0.15) is 50.8 Å². The Labute approximate surface area is 161 Å². The van der Waals surface area contributed by atoms with Gasteiger partial charge in [0.15, 0.2) is 0 Å². The van der Waals surface area contributed by atoms with Crippen LogP contribution in [0.4, 0.5) is 0 Å². The Hall–Kier alpha value is -2.43.